The molecule has 2 unspecified atom stereocenters. The van der Waals surface area contributed by atoms with Crippen molar-refractivity contribution in [1.82, 2.24) is 4.90 Å². The summed E-state index contributed by atoms with van der Waals surface area (Å²) in [7, 11) is 0. The molecule has 2 atom stereocenters. The first kappa shape index (κ1) is 12.0. The molecular weight excluding hydrogens is 174 g/mol. The molecule has 1 aliphatic heterocycles. The normalized spacial score (nSPS) is 29.4. The van der Waals surface area contributed by atoms with Crippen LogP contribution in [0, 0.1) is 11.8 Å². The number of rotatable bonds is 4. The molecule has 0 radical (unpaired) electrons. The Balaban J connectivity index is 2.33. The van der Waals surface area contributed by atoms with Crippen molar-refractivity contribution in [3.8, 4) is 0 Å². The summed E-state index contributed by atoms with van der Waals surface area (Å²) in [6.45, 7) is 14.5. The highest BCUT2D eigenvalue weighted by Gasteiger charge is 2.30. The van der Waals surface area contributed by atoms with E-state index in [0.29, 0.717) is 12.1 Å². The van der Waals surface area contributed by atoms with Crippen LogP contribution in [0.2, 0.25) is 0 Å². The van der Waals surface area contributed by atoms with Crippen molar-refractivity contribution in [2.75, 3.05) is 19.7 Å². The van der Waals surface area contributed by atoms with E-state index in [-0.39, 0.29) is 0 Å². The van der Waals surface area contributed by atoms with Crippen LogP contribution < -0.4 is 0 Å². The molecule has 0 N–H and O–H groups in total. The van der Waals surface area contributed by atoms with Crippen LogP contribution >= 0.6 is 0 Å². The number of ether oxygens (including phenoxy) is 1. The molecule has 2 nitrogen and oxygen atoms in total. The standard InChI is InChI=1S/C12H25NO/c1-9(2)13-6-11(5)12(7-13)8-14-10(3)4/h9-12H,6-8H2,1-5H3. The summed E-state index contributed by atoms with van der Waals surface area (Å²) in [6, 6.07) is 0.682. The molecular formula is C12H25NO. The smallest absolute Gasteiger partial charge is 0.0519 e. The van der Waals surface area contributed by atoms with Crippen LogP contribution in [-0.2, 0) is 4.74 Å². The predicted molar refractivity (Wildman–Crippen MR) is 60.5 cm³/mol. The van der Waals surface area contributed by atoms with Gasteiger partial charge in [-0.1, -0.05) is 6.92 Å². The fourth-order valence-corrected chi connectivity index (χ4v) is 2.03. The van der Waals surface area contributed by atoms with Crippen LogP contribution in [0.1, 0.15) is 34.6 Å². The highest BCUT2D eigenvalue weighted by atomic mass is 16.5. The van der Waals surface area contributed by atoms with Gasteiger partial charge in [0.15, 0.2) is 0 Å². The second-order valence-electron chi connectivity index (χ2n) is 5.17. The third kappa shape index (κ3) is 3.25. The van der Waals surface area contributed by atoms with Gasteiger partial charge >= 0.3 is 0 Å². The zero-order chi connectivity index (χ0) is 10.7. The van der Waals surface area contributed by atoms with E-state index in [2.05, 4.69) is 39.5 Å². The molecule has 1 saturated heterocycles. The Morgan fingerprint density at radius 3 is 2.29 bits per heavy atom. The molecule has 1 fully saturated rings. The Morgan fingerprint density at radius 2 is 1.86 bits per heavy atom. The summed E-state index contributed by atoms with van der Waals surface area (Å²) in [5, 5.41) is 0. The molecule has 2 heteroatoms. The predicted octanol–water partition coefficient (Wildman–Crippen LogP) is 2.39. The number of nitrogens with zero attached hydrogens (tertiary/aromatic N) is 1. The van der Waals surface area contributed by atoms with Gasteiger partial charge in [-0.25, -0.2) is 0 Å². The van der Waals surface area contributed by atoms with Gasteiger partial charge in [0.2, 0.25) is 0 Å². The van der Waals surface area contributed by atoms with E-state index < -0.39 is 0 Å². The molecule has 0 saturated carbocycles. The number of hydrogen-bond donors (Lipinski definition) is 0. The zero-order valence-electron chi connectivity index (χ0n) is 10.3. The lowest BCUT2D eigenvalue weighted by Gasteiger charge is -2.20. The number of likely N-dealkylation sites (tertiary alicyclic amines) is 1. The van der Waals surface area contributed by atoms with E-state index in [1.165, 1.54) is 13.1 Å². The Hall–Kier alpha value is -0.0800. The van der Waals surface area contributed by atoms with Crippen LogP contribution in [0.3, 0.4) is 0 Å². The van der Waals surface area contributed by atoms with Crippen LogP contribution in [0.5, 0.6) is 0 Å². The molecule has 0 aromatic heterocycles. The molecule has 0 spiro atoms. The fourth-order valence-electron chi connectivity index (χ4n) is 2.03. The molecule has 0 amide bonds. The van der Waals surface area contributed by atoms with E-state index >= 15 is 0 Å². The van der Waals surface area contributed by atoms with Gasteiger partial charge in [-0.2, -0.15) is 0 Å². The lowest BCUT2D eigenvalue weighted by atomic mass is 9.99. The summed E-state index contributed by atoms with van der Waals surface area (Å²) in [4.78, 5) is 2.55. The van der Waals surface area contributed by atoms with Crippen LogP contribution in [0.4, 0.5) is 0 Å². The lowest BCUT2D eigenvalue weighted by Crippen LogP contribution is -2.29. The molecule has 84 valence electrons. The van der Waals surface area contributed by atoms with Crippen molar-refractivity contribution in [2.45, 2.75) is 46.8 Å². The van der Waals surface area contributed by atoms with Crippen molar-refractivity contribution in [3.63, 3.8) is 0 Å². The average molecular weight is 199 g/mol. The first-order chi connectivity index (χ1) is 6.50. The van der Waals surface area contributed by atoms with E-state index in [4.69, 9.17) is 4.74 Å². The van der Waals surface area contributed by atoms with Crippen molar-refractivity contribution in [1.29, 1.82) is 0 Å². The summed E-state index contributed by atoms with van der Waals surface area (Å²) < 4.78 is 5.70. The van der Waals surface area contributed by atoms with Crippen molar-refractivity contribution < 1.29 is 4.74 Å². The molecule has 0 aromatic rings. The average Bonchev–Trinajstić information content (AvgIpc) is 2.43. The monoisotopic (exact) mass is 199 g/mol. The van der Waals surface area contributed by atoms with E-state index in [9.17, 15) is 0 Å². The van der Waals surface area contributed by atoms with Gasteiger partial charge in [0.25, 0.3) is 0 Å². The third-order valence-electron chi connectivity index (χ3n) is 3.17. The minimum atomic E-state index is 0.371. The van der Waals surface area contributed by atoms with E-state index in [0.717, 1.165) is 18.4 Å². The van der Waals surface area contributed by atoms with Gasteiger partial charge in [0.1, 0.15) is 0 Å². The van der Waals surface area contributed by atoms with Crippen molar-refractivity contribution in [2.24, 2.45) is 11.8 Å². The minimum absolute atomic E-state index is 0.371. The van der Waals surface area contributed by atoms with Crippen LogP contribution in [-0.4, -0.2) is 36.7 Å². The first-order valence-electron chi connectivity index (χ1n) is 5.86. The lowest BCUT2D eigenvalue weighted by molar-refractivity contribution is 0.0449. The third-order valence-corrected chi connectivity index (χ3v) is 3.17. The fraction of sp³-hybridized carbons (Fsp3) is 1.00. The second-order valence-corrected chi connectivity index (χ2v) is 5.17. The summed E-state index contributed by atoms with van der Waals surface area (Å²) in [5.74, 6) is 1.52. The van der Waals surface area contributed by atoms with Gasteiger partial charge in [-0.3, -0.25) is 0 Å². The Morgan fingerprint density at radius 1 is 1.21 bits per heavy atom. The first-order valence-corrected chi connectivity index (χ1v) is 5.86. The van der Waals surface area contributed by atoms with Gasteiger partial charge in [-0.05, 0) is 39.5 Å². The zero-order valence-corrected chi connectivity index (χ0v) is 10.3. The Kier molecular flexibility index (Phi) is 4.39. The molecule has 14 heavy (non-hydrogen) atoms. The largest absolute Gasteiger partial charge is 0.378 e. The quantitative estimate of drug-likeness (QED) is 0.689. The van der Waals surface area contributed by atoms with Gasteiger partial charge < -0.3 is 9.64 Å². The maximum Gasteiger partial charge on any atom is 0.0519 e. The molecule has 1 heterocycles. The van der Waals surface area contributed by atoms with Crippen LogP contribution in [0.15, 0.2) is 0 Å². The summed E-state index contributed by atoms with van der Waals surface area (Å²) >= 11 is 0. The molecule has 1 rings (SSSR count). The van der Waals surface area contributed by atoms with Gasteiger partial charge in [0.05, 0.1) is 12.7 Å². The van der Waals surface area contributed by atoms with Crippen molar-refractivity contribution >= 4 is 0 Å². The molecule has 0 aromatic carbocycles. The Labute approximate surface area is 88.6 Å². The topological polar surface area (TPSA) is 12.5 Å². The Bertz CT molecular complexity index is 168. The van der Waals surface area contributed by atoms with Crippen molar-refractivity contribution in [3.05, 3.63) is 0 Å². The van der Waals surface area contributed by atoms with E-state index in [1.807, 2.05) is 0 Å². The molecule has 1 aliphatic rings. The maximum atomic E-state index is 5.70. The molecule has 0 aliphatic carbocycles. The maximum absolute atomic E-state index is 5.70. The molecule has 0 bridgehead atoms. The summed E-state index contributed by atoms with van der Waals surface area (Å²) in [5.41, 5.74) is 0. The van der Waals surface area contributed by atoms with Crippen LogP contribution in [0.25, 0.3) is 0 Å². The second kappa shape index (κ2) is 5.13. The van der Waals surface area contributed by atoms with E-state index in [1.54, 1.807) is 0 Å². The highest BCUT2D eigenvalue weighted by Crippen LogP contribution is 2.24. The SMILES string of the molecule is CC(C)OCC1CN(C(C)C)CC1C. The minimum Gasteiger partial charge on any atom is -0.378 e. The van der Waals surface area contributed by atoms with Gasteiger partial charge in [-0.15, -0.1) is 0 Å². The number of hydrogen-bond acceptors (Lipinski definition) is 2. The van der Waals surface area contributed by atoms with Gasteiger partial charge in [0, 0.05) is 19.1 Å². The summed E-state index contributed by atoms with van der Waals surface area (Å²) in [6.07, 6.45) is 0.371. The highest BCUT2D eigenvalue weighted by molar-refractivity contribution is 4.83.